The molecule has 0 atom stereocenters. The van der Waals surface area contributed by atoms with Gasteiger partial charge in [0.1, 0.15) is 0 Å². The van der Waals surface area contributed by atoms with Crippen LogP contribution in [0.3, 0.4) is 0 Å². The number of rotatable bonds is 2. The molecule has 0 amide bonds. The molecular formula is C18H18O4. The topological polar surface area (TPSA) is 52.6 Å². The third kappa shape index (κ3) is 3.17. The quantitative estimate of drug-likeness (QED) is 0.624. The Bertz CT molecular complexity index is 668. The molecule has 4 nitrogen and oxygen atoms in total. The van der Waals surface area contributed by atoms with Crippen LogP contribution in [0.2, 0.25) is 0 Å². The zero-order chi connectivity index (χ0) is 16.3. The summed E-state index contributed by atoms with van der Waals surface area (Å²) in [5.41, 5.74) is 4.30. The first-order valence-corrected chi connectivity index (χ1v) is 6.97. The van der Waals surface area contributed by atoms with Gasteiger partial charge in [-0.25, -0.2) is 19.4 Å². The van der Waals surface area contributed by atoms with Crippen LogP contribution in [0.5, 0.6) is 0 Å². The number of carbonyl (C=O) groups is 2. The van der Waals surface area contributed by atoms with Crippen LogP contribution < -0.4 is 0 Å². The van der Waals surface area contributed by atoms with Crippen molar-refractivity contribution in [3.63, 3.8) is 0 Å². The monoisotopic (exact) mass is 298 g/mol. The number of benzene rings is 2. The molecule has 2 aromatic rings. The smallest absolute Gasteiger partial charge is 0.241 e. The maximum atomic E-state index is 12.0. The second-order valence-corrected chi connectivity index (χ2v) is 5.24. The molecule has 0 aliphatic rings. The van der Waals surface area contributed by atoms with Crippen LogP contribution in [-0.2, 0) is 9.78 Å². The largest absolute Gasteiger partial charge is 0.386 e. The third-order valence-electron chi connectivity index (χ3n) is 3.84. The lowest BCUT2D eigenvalue weighted by atomic mass is 10.0. The van der Waals surface area contributed by atoms with Crippen molar-refractivity contribution in [2.45, 2.75) is 27.7 Å². The molecule has 0 saturated heterocycles. The fourth-order valence-corrected chi connectivity index (χ4v) is 2.11. The van der Waals surface area contributed by atoms with Crippen molar-refractivity contribution in [3.05, 3.63) is 69.8 Å². The Labute approximate surface area is 129 Å². The number of aryl methyl sites for hydroxylation is 2. The van der Waals surface area contributed by atoms with E-state index in [0.717, 1.165) is 22.3 Å². The SMILES string of the molecule is Cc1cccc(C(=O)OOC(=O)c2cccc(C)c2C)c1C. The summed E-state index contributed by atoms with van der Waals surface area (Å²) in [4.78, 5) is 33.4. The molecule has 0 unspecified atom stereocenters. The lowest BCUT2D eigenvalue weighted by molar-refractivity contribution is -0.187. The van der Waals surface area contributed by atoms with E-state index in [0.29, 0.717) is 11.1 Å². The van der Waals surface area contributed by atoms with E-state index in [1.54, 1.807) is 24.3 Å². The van der Waals surface area contributed by atoms with Crippen molar-refractivity contribution in [3.8, 4) is 0 Å². The van der Waals surface area contributed by atoms with Gasteiger partial charge in [-0.05, 0) is 62.1 Å². The number of carbonyl (C=O) groups excluding carboxylic acids is 2. The van der Waals surface area contributed by atoms with E-state index >= 15 is 0 Å². The van der Waals surface area contributed by atoms with Gasteiger partial charge in [0, 0.05) is 0 Å². The lowest BCUT2D eigenvalue weighted by Gasteiger charge is -2.09. The molecule has 0 spiro atoms. The van der Waals surface area contributed by atoms with Crippen LogP contribution in [0.4, 0.5) is 0 Å². The molecule has 0 radical (unpaired) electrons. The highest BCUT2D eigenvalue weighted by atomic mass is 17.2. The van der Waals surface area contributed by atoms with Gasteiger partial charge < -0.3 is 0 Å². The van der Waals surface area contributed by atoms with Gasteiger partial charge in [0.15, 0.2) is 0 Å². The Kier molecular flexibility index (Phi) is 4.61. The predicted molar refractivity (Wildman–Crippen MR) is 82.7 cm³/mol. The van der Waals surface area contributed by atoms with Gasteiger partial charge in [-0.2, -0.15) is 0 Å². The Morgan fingerprint density at radius 2 is 1.05 bits per heavy atom. The summed E-state index contributed by atoms with van der Waals surface area (Å²) in [5, 5.41) is 0. The fraction of sp³-hybridized carbons (Fsp3) is 0.222. The first kappa shape index (κ1) is 15.8. The highest BCUT2D eigenvalue weighted by Crippen LogP contribution is 2.16. The van der Waals surface area contributed by atoms with Crippen molar-refractivity contribution >= 4 is 11.9 Å². The van der Waals surface area contributed by atoms with Crippen LogP contribution in [0.1, 0.15) is 43.0 Å². The molecule has 0 bridgehead atoms. The van der Waals surface area contributed by atoms with Crippen LogP contribution in [0, 0.1) is 27.7 Å². The standard InChI is InChI=1S/C18H18O4/c1-11-7-5-9-15(13(11)3)17(19)21-22-18(20)16-10-6-8-12(2)14(16)4/h5-10H,1-4H3. The zero-order valence-electron chi connectivity index (χ0n) is 13.1. The fourth-order valence-electron chi connectivity index (χ4n) is 2.11. The minimum absolute atomic E-state index is 0.383. The minimum Gasteiger partial charge on any atom is -0.241 e. The molecule has 0 aliphatic carbocycles. The molecular weight excluding hydrogens is 280 g/mol. The molecule has 0 N–H and O–H groups in total. The normalized spacial score (nSPS) is 10.2. The summed E-state index contributed by atoms with van der Waals surface area (Å²) in [7, 11) is 0. The molecule has 0 aromatic heterocycles. The van der Waals surface area contributed by atoms with E-state index in [9.17, 15) is 9.59 Å². The van der Waals surface area contributed by atoms with Gasteiger partial charge >= 0.3 is 11.9 Å². The molecule has 114 valence electrons. The highest BCUT2D eigenvalue weighted by molar-refractivity contribution is 5.94. The summed E-state index contributed by atoms with van der Waals surface area (Å²) in [5.74, 6) is -1.36. The second kappa shape index (κ2) is 6.43. The maximum absolute atomic E-state index is 12.0. The van der Waals surface area contributed by atoms with Gasteiger partial charge in [-0.1, -0.05) is 24.3 Å². The van der Waals surface area contributed by atoms with Gasteiger partial charge in [0.2, 0.25) is 0 Å². The Hall–Kier alpha value is -2.62. The highest BCUT2D eigenvalue weighted by Gasteiger charge is 2.18. The van der Waals surface area contributed by atoms with Crippen molar-refractivity contribution in [1.29, 1.82) is 0 Å². The van der Waals surface area contributed by atoms with E-state index in [2.05, 4.69) is 9.78 Å². The zero-order valence-corrected chi connectivity index (χ0v) is 13.1. The Balaban J connectivity index is 2.09. The minimum atomic E-state index is -0.681. The number of hydrogen-bond donors (Lipinski definition) is 0. The summed E-state index contributed by atoms with van der Waals surface area (Å²) < 4.78 is 0. The lowest BCUT2D eigenvalue weighted by Crippen LogP contribution is -2.14. The van der Waals surface area contributed by atoms with Gasteiger partial charge in [-0.15, -0.1) is 0 Å². The first-order chi connectivity index (χ1) is 10.4. The van der Waals surface area contributed by atoms with Gasteiger partial charge in [0.05, 0.1) is 11.1 Å². The van der Waals surface area contributed by atoms with Gasteiger partial charge in [-0.3, -0.25) is 0 Å². The molecule has 0 fully saturated rings. The molecule has 2 aromatic carbocycles. The van der Waals surface area contributed by atoms with E-state index in [-0.39, 0.29) is 0 Å². The average molecular weight is 298 g/mol. The number of hydrogen-bond acceptors (Lipinski definition) is 4. The summed E-state index contributed by atoms with van der Waals surface area (Å²) in [6, 6.07) is 10.6. The first-order valence-electron chi connectivity index (χ1n) is 6.97. The summed E-state index contributed by atoms with van der Waals surface area (Å²) in [6.07, 6.45) is 0. The van der Waals surface area contributed by atoms with Crippen molar-refractivity contribution < 1.29 is 19.4 Å². The summed E-state index contributed by atoms with van der Waals surface area (Å²) in [6.45, 7) is 7.43. The third-order valence-corrected chi connectivity index (χ3v) is 3.84. The van der Waals surface area contributed by atoms with E-state index in [1.165, 1.54) is 0 Å². The molecule has 2 rings (SSSR count). The maximum Gasteiger partial charge on any atom is 0.386 e. The second-order valence-electron chi connectivity index (χ2n) is 5.24. The molecule has 0 saturated carbocycles. The molecule has 0 aliphatic heterocycles. The van der Waals surface area contributed by atoms with Crippen LogP contribution in [-0.4, -0.2) is 11.9 Å². The van der Waals surface area contributed by atoms with Crippen LogP contribution >= 0.6 is 0 Å². The molecule has 4 heteroatoms. The van der Waals surface area contributed by atoms with Crippen LogP contribution in [0.25, 0.3) is 0 Å². The predicted octanol–water partition coefficient (Wildman–Crippen LogP) is 3.85. The van der Waals surface area contributed by atoms with E-state index in [1.807, 2.05) is 39.8 Å². The van der Waals surface area contributed by atoms with Crippen molar-refractivity contribution in [2.75, 3.05) is 0 Å². The Morgan fingerprint density at radius 3 is 1.41 bits per heavy atom. The average Bonchev–Trinajstić information content (AvgIpc) is 2.50. The van der Waals surface area contributed by atoms with Crippen LogP contribution in [0.15, 0.2) is 36.4 Å². The molecule has 0 heterocycles. The molecule has 22 heavy (non-hydrogen) atoms. The van der Waals surface area contributed by atoms with E-state index in [4.69, 9.17) is 0 Å². The summed E-state index contributed by atoms with van der Waals surface area (Å²) >= 11 is 0. The Morgan fingerprint density at radius 1 is 0.682 bits per heavy atom. The van der Waals surface area contributed by atoms with Gasteiger partial charge in [0.25, 0.3) is 0 Å². The van der Waals surface area contributed by atoms with Crippen molar-refractivity contribution in [2.24, 2.45) is 0 Å². The van der Waals surface area contributed by atoms with E-state index < -0.39 is 11.9 Å². The van der Waals surface area contributed by atoms with Crippen molar-refractivity contribution in [1.82, 2.24) is 0 Å².